The van der Waals surface area contributed by atoms with Crippen molar-refractivity contribution in [3.8, 4) is 0 Å². The number of hydrogen-bond donors (Lipinski definition) is 1. The van der Waals surface area contributed by atoms with E-state index in [2.05, 4.69) is 15.5 Å². The summed E-state index contributed by atoms with van der Waals surface area (Å²) in [6, 6.07) is 6.15. The lowest BCUT2D eigenvalue weighted by atomic mass is 10.1. The monoisotopic (exact) mass is 375 g/mol. The Morgan fingerprint density at radius 3 is 2.42 bits per heavy atom. The molecule has 11 nitrogen and oxygen atoms in total. The molecule has 0 unspecified atom stereocenters. The lowest BCUT2D eigenvalue weighted by Gasteiger charge is -2.01. The Balaban J connectivity index is 1.78. The van der Waals surface area contributed by atoms with E-state index in [0.717, 1.165) is 23.1 Å². The fraction of sp³-hybridized carbons (Fsp3) is 0.0714. The van der Waals surface area contributed by atoms with Crippen molar-refractivity contribution in [1.82, 2.24) is 10.2 Å². The van der Waals surface area contributed by atoms with E-state index in [9.17, 15) is 25.0 Å². The van der Waals surface area contributed by atoms with Gasteiger partial charge in [0, 0.05) is 17.0 Å². The summed E-state index contributed by atoms with van der Waals surface area (Å²) in [7, 11) is 0. The number of nitrogens with zero attached hydrogens (tertiary/aromatic N) is 4. The number of nitro benzene ring substituents is 2. The third kappa shape index (κ3) is 3.87. The van der Waals surface area contributed by atoms with Gasteiger partial charge in [-0.3, -0.25) is 30.3 Å². The molecule has 0 aliphatic carbocycles. The van der Waals surface area contributed by atoms with Gasteiger partial charge in [0.15, 0.2) is 0 Å². The molecule has 2 heterocycles. The Kier molecular flexibility index (Phi) is 4.66. The fourth-order valence-corrected chi connectivity index (χ4v) is 2.74. The van der Waals surface area contributed by atoms with Crippen molar-refractivity contribution in [1.29, 1.82) is 0 Å². The minimum Gasteiger partial charge on any atom is -0.407 e. The Bertz CT molecular complexity index is 951. The number of non-ortho nitro benzene ring substituents is 2. The molecule has 1 amide bonds. The second kappa shape index (κ2) is 7.06. The molecule has 3 rings (SSSR count). The van der Waals surface area contributed by atoms with Crippen molar-refractivity contribution in [2.45, 2.75) is 6.42 Å². The van der Waals surface area contributed by atoms with Gasteiger partial charge in [0.25, 0.3) is 17.3 Å². The van der Waals surface area contributed by atoms with Gasteiger partial charge in [0.05, 0.1) is 27.9 Å². The topological polar surface area (TPSA) is 154 Å². The standard InChI is InChI=1S/C14H9N5O6S/c20-13(8-4-9(18(21)22)6-10(5-8)19(23)24)15-14-17-16-12(25-14)7-11-2-1-3-26-11/h1-6H,7H2,(H,15,17,20). The van der Waals surface area contributed by atoms with Crippen LogP contribution in [-0.2, 0) is 6.42 Å². The molecule has 132 valence electrons. The largest absolute Gasteiger partial charge is 0.407 e. The van der Waals surface area contributed by atoms with Gasteiger partial charge in [0.2, 0.25) is 5.89 Å². The second-order valence-corrected chi connectivity index (χ2v) is 6.00. The Hall–Kier alpha value is -3.67. The third-order valence-electron chi connectivity index (χ3n) is 3.18. The molecule has 0 aliphatic rings. The van der Waals surface area contributed by atoms with E-state index < -0.39 is 27.1 Å². The smallest absolute Gasteiger partial charge is 0.322 e. The van der Waals surface area contributed by atoms with Crippen LogP contribution < -0.4 is 5.32 Å². The summed E-state index contributed by atoms with van der Waals surface area (Å²) < 4.78 is 5.29. The highest BCUT2D eigenvalue weighted by atomic mass is 32.1. The molecule has 0 saturated heterocycles. The van der Waals surface area contributed by atoms with Crippen molar-refractivity contribution in [3.63, 3.8) is 0 Å². The number of nitro groups is 2. The van der Waals surface area contributed by atoms with Gasteiger partial charge in [-0.15, -0.1) is 16.4 Å². The molecule has 12 heteroatoms. The van der Waals surface area contributed by atoms with Gasteiger partial charge >= 0.3 is 6.01 Å². The quantitative estimate of drug-likeness (QED) is 0.509. The van der Waals surface area contributed by atoms with E-state index in [0.29, 0.717) is 6.42 Å². The SMILES string of the molecule is O=C(Nc1nnc(Cc2cccs2)o1)c1cc([N+](=O)[O-])cc([N+](=O)[O-])c1. The minimum absolute atomic E-state index is 0.212. The second-order valence-electron chi connectivity index (χ2n) is 4.96. The van der Waals surface area contributed by atoms with Crippen molar-refractivity contribution in [2.75, 3.05) is 5.32 Å². The number of carbonyl (C=O) groups excluding carboxylic acids is 1. The van der Waals surface area contributed by atoms with Crippen molar-refractivity contribution >= 4 is 34.6 Å². The Morgan fingerprint density at radius 1 is 1.15 bits per heavy atom. The molecule has 0 aliphatic heterocycles. The normalized spacial score (nSPS) is 10.5. The molecule has 0 saturated carbocycles. The van der Waals surface area contributed by atoms with E-state index in [-0.39, 0.29) is 17.5 Å². The molecule has 0 radical (unpaired) electrons. The molecular weight excluding hydrogens is 366 g/mol. The number of nitrogens with one attached hydrogen (secondary N) is 1. The third-order valence-corrected chi connectivity index (χ3v) is 4.06. The summed E-state index contributed by atoms with van der Waals surface area (Å²) in [6.07, 6.45) is 0.392. The first-order valence-corrected chi connectivity index (χ1v) is 7.90. The van der Waals surface area contributed by atoms with E-state index in [1.807, 2.05) is 17.5 Å². The van der Waals surface area contributed by atoms with Gasteiger partial charge in [-0.05, 0) is 11.4 Å². The number of carbonyl (C=O) groups is 1. The van der Waals surface area contributed by atoms with Crippen LogP contribution in [0, 0.1) is 20.2 Å². The molecule has 3 aromatic rings. The van der Waals surface area contributed by atoms with Crippen LogP contribution in [0.1, 0.15) is 21.1 Å². The highest BCUT2D eigenvalue weighted by molar-refractivity contribution is 7.09. The van der Waals surface area contributed by atoms with Crippen LogP contribution in [0.15, 0.2) is 40.1 Å². The van der Waals surface area contributed by atoms with Crippen LogP contribution in [0.25, 0.3) is 0 Å². The van der Waals surface area contributed by atoms with Gasteiger partial charge in [-0.1, -0.05) is 11.2 Å². The highest BCUT2D eigenvalue weighted by Gasteiger charge is 2.21. The maximum absolute atomic E-state index is 12.2. The zero-order valence-corrected chi connectivity index (χ0v) is 13.6. The number of thiophene rings is 1. The fourth-order valence-electron chi connectivity index (χ4n) is 2.04. The average Bonchev–Trinajstić information content (AvgIpc) is 3.27. The molecule has 1 N–H and O–H groups in total. The average molecular weight is 375 g/mol. The van der Waals surface area contributed by atoms with Crippen molar-refractivity contribution in [2.24, 2.45) is 0 Å². The molecule has 0 fully saturated rings. The van der Waals surface area contributed by atoms with Crippen LogP contribution in [0.4, 0.5) is 17.4 Å². The lowest BCUT2D eigenvalue weighted by molar-refractivity contribution is -0.394. The number of rotatable bonds is 6. The van der Waals surface area contributed by atoms with E-state index >= 15 is 0 Å². The minimum atomic E-state index is -0.844. The van der Waals surface area contributed by atoms with Crippen molar-refractivity contribution in [3.05, 3.63) is 72.3 Å². The molecular formula is C14H9N5O6S. The first-order valence-electron chi connectivity index (χ1n) is 7.02. The van der Waals surface area contributed by atoms with E-state index in [1.54, 1.807) is 0 Å². The first-order chi connectivity index (χ1) is 12.4. The van der Waals surface area contributed by atoms with Crippen LogP contribution in [0.2, 0.25) is 0 Å². The molecule has 0 spiro atoms. The zero-order valence-electron chi connectivity index (χ0n) is 12.8. The van der Waals surface area contributed by atoms with Gasteiger partial charge in [-0.25, -0.2) is 0 Å². The summed E-state index contributed by atoms with van der Waals surface area (Å²) >= 11 is 1.50. The van der Waals surface area contributed by atoms with Crippen LogP contribution in [0.5, 0.6) is 0 Å². The summed E-state index contributed by atoms with van der Waals surface area (Å²) in [5.41, 5.74) is -1.43. The van der Waals surface area contributed by atoms with E-state index in [4.69, 9.17) is 4.42 Å². The lowest BCUT2D eigenvalue weighted by Crippen LogP contribution is -2.13. The van der Waals surface area contributed by atoms with Gasteiger partial charge in [0.1, 0.15) is 0 Å². The van der Waals surface area contributed by atoms with Crippen LogP contribution in [0.3, 0.4) is 0 Å². The Labute approximate surface area is 148 Å². The van der Waals surface area contributed by atoms with E-state index in [1.165, 1.54) is 11.3 Å². The number of hydrogen-bond acceptors (Lipinski definition) is 9. The summed E-state index contributed by atoms with van der Waals surface area (Å²) in [5.74, 6) is -0.573. The molecule has 2 aromatic heterocycles. The summed E-state index contributed by atoms with van der Waals surface area (Å²) in [4.78, 5) is 33.3. The summed E-state index contributed by atoms with van der Waals surface area (Å²) in [5, 5.41) is 33.4. The molecule has 1 aromatic carbocycles. The van der Waals surface area contributed by atoms with Gasteiger partial charge < -0.3 is 4.42 Å². The zero-order chi connectivity index (χ0) is 18.7. The highest BCUT2D eigenvalue weighted by Crippen LogP contribution is 2.23. The predicted octanol–water partition coefficient (Wildman–Crippen LogP) is 2.79. The van der Waals surface area contributed by atoms with Gasteiger partial charge in [-0.2, -0.15) is 0 Å². The predicted molar refractivity (Wildman–Crippen MR) is 89.1 cm³/mol. The number of benzene rings is 1. The maximum atomic E-state index is 12.2. The molecule has 26 heavy (non-hydrogen) atoms. The van der Waals surface area contributed by atoms with Crippen molar-refractivity contribution < 1.29 is 19.1 Å². The number of anilines is 1. The number of aromatic nitrogens is 2. The first kappa shape index (κ1) is 17.2. The van der Waals surface area contributed by atoms with Crippen LogP contribution >= 0.6 is 11.3 Å². The number of amides is 1. The van der Waals surface area contributed by atoms with Crippen LogP contribution in [-0.4, -0.2) is 26.0 Å². The molecule has 0 bridgehead atoms. The molecule has 0 atom stereocenters. The maximum Gasteiger partial charge on any atom is 0.322 e. The Morgan fingerprint density at radius 2 is 1.85 bits per heavy atom. The summed E-state index contributed by atoms with van der Waals surface area (Å²) in [6.45, 7) is 0.